The second kappa shape index (κ2) is 4.58. The maximum atomic E-state index is 12.2. The van der Waals surface area contributed by atoms with Crippen LogP contribution in [0.15, 0.2) is 42.5 Å². The van der Waals surface area contributed by atoms with Gasteiger partial charge in [0.1, 0.15) is 0 Å². The minimum Gasteiger partial charge on any atom is -0.324 e. The lowest BCUT2D eigenvalue weighted by atomic mass is 10.0. The third-order valence-corrected chi connectivity index (χ3v) is 2.63. The molecule has 0 aromatic heterocycles. The van der Waals surface area contributed by atoms with Crippen molar-refractivity contribution in [2.45, 2.75) is 18.9 Å². The molecule has 1 nitrogen and oxygen atoms in total. The maximum absolute atomic E-state index is 12.2. The molecule has 0 bridgehead atoms. The van der Waals surface area contributed by atoms with Gasteiger partial charge in [-0.15, -0.1) is 0 Å². The fourth-order valence-electron chi connectivity index (χ4n) is 1.77. The maximum Gasteiger partial charge on any atom is 0.240 e. The van der Waals surface area contributed by atoms with Crippen LogP contribution in [0.1, 0.15) is 18.0 Å². The van der Waals surface area contributed by atoms with Gasteiger partial charge < -0.3 is 5.73 Å². The first kappa shape index (κ1) is 11.0. The second-order valence-electron chi connectivity index (χ2n) is 3.84. The number of fused-ring (bicyclic) bond motifs is 1. The van der Waals surface area contributed by atoms with Gasteiger partial charge in [0, 0.05) is 12.5 Å². The van der Waals surface area contributed by atoms with Crippen molar-refractivity contribution in [3.8, 4) is 0 Å². The Kier molecular flexibility index (Phi) is 3.15. The zero-order valence-electron chi connectivity index (χ0n) is 8.74. The van der Waals surface area contributed by atoms with Gasteiger partial charge in [0.25, 0.3) is 0 Å². The molecule has 2 aromatic rings. The summed E-state index contributed by atoms with van der Waals surface area (Å²) in [7, 11) is 0. The van der Waals surface area contributed by atoms with Crippen LogP contribution in [0.3, 0.4) is 0 Å². The Bertz CT molecular complexity index is 482. The van der Waals surface area contributed by atoms with Crippen molar-refractivity contribution < 1.29 is 8.78 Å². The Morgan fingerprint density at radius 1 is 1.00 bits per heavy atom. The van der Waals surface area contributed by atoms with Gasteiger partial charge in [0.15, 0.2) is 0 Å². The molecule has 0 amide bonds. The van der Waals surface area contributed by atoms with Crippen molar-refractivity contribution in [2.75, 3.05) is 0 Å². The summed E-state index contributed by atoms with van der Waals surface area (Å²) in [5.74, 6) is 0. The highest BCUT2D eigenvalue weighted by Gasteiger charge is 2.12. The molecular formula is C13H13F2N. The molecule has 16 heavy (non-hydrogen) atoms. The zero-order chi connectivity index (χ0) is 11.5. The molecule has 2 rings (SSSR count). The van der Waals surface area contributed by atoms with Gasteiger partial charge in [-0.3, -0.25) is 0 Å². The largest absolute Gasteiger partial charge is 0.324 e. The van der Waals surface area contributed by atoms with E-state index in [0.717, 1.165) is 16.3 Å². The second-order valence-corrected chi connectivity index (χ2v) is 3.84. The fourth-order valence-corrected chi connectivity index (χ4v) is 1.77. The van der Waals surface area contributed by atoms with E-state index >= 15 is 0 Å². The molecule has 0 aliphatic rings. The number of benzene rings is 2. The van der Waals surface area contributed by atoms with Crippen LogP contribution in [-0.2, 0) is 0 Å². The van der Waals surface area contributed by atoms with Crippen LogP contribution >= 0.6 is 0 Å². The Labute approximate surface area is 92.9 Å². The van der Waals surface area contributed by atoms with Crippen LogP contribution in [0.4, 0.5) is 8.78 Å². The first-order valence-electron chi connectivity index (χ1n) is 5.19. The molecule has 0 saturated carbocycles. The molecular weight excluding hydrogens is 208 g/mol. The highest BCUT2D eigenvalue weighted by molar-refractivity contribution is 5.83. The Morgan fingerprint density at radius 2 is 1.69 bits per heavy atom. The van der Waals surface area contributed by atoms with Crippen LogP contribution in [0.25, 0.3) is 10.8 Å². The Balaban J connectivity index is 2.32. The minimum atomic E-state index is -2.36. The summed E-state index contributed by atoms with van der Waals surface area (Å²) in [6, 6.07) is 12.8. The third kappa shape index (κ3) is 2.36. The van der Waals surface area contributed by atoms with E-state index in [1.165, 1.54) is 0 Å². The molecule has 0 heterocycles. The summed E-state index contributed by atoms with van der Waals surface area (Å²) in [6.07, 6.45) is -2.65. The lowest BCUT2D eigenvalue weighted by Crippen LogP contribution is -2.13. The van der Waals surface area contributed by atoms with E-state index in [-0.39, 0.29) is 6.42 Å². The summed E-state index contributed by atoms with van der Waals surface area (Å²) in [6.45, 7) is 0. The van der Waals surface area contributed by atoms with E-state index < -0.39 is 12.5 Å². The van der Waals surface area contributed by atoms with Crippen LogP contribution in [0.2, 0.25) is 0 Å². The zero-order valence-corrected chi connectivity index (χ0v) is 8.74. The molecule has 0 aliphatic heterocycles. The normalized spacial score (nSPS) is 13.2. The van der Waals surface area contributed by atoms with Crippen molar-refractivity contribution in [3.05, 3.63) is 48.0 Å². The van der Waals surface area contributed by atoms with Crippen molar-refractivity contribution >= 4 is 10.8 Å². The lowest BCUT2D eigenvalue weighted by molar-refractivity contribution is 0.128. The molecule has 0 unspecified atom stereocenters. The SMILES string of the molecule is N[C@H](CC(F)F)c1ccc2ccccc2c1. The smallest absolute Gasteiger partial charge is 0.240 e. The van der Waals surface area contributed by atoms with E-state index in [9.17, 15) is 8.78 Å². The number of alkyl halides is 2. The van der Waals surface area contributed by atoms with Crippen LogP contribution in [0, 0.1) is 0 Å². The molecule has 2 aromatic carbocycles. The van der Waals surface area contributed by atoms with E-state index in [4.69, 9.17) is 5.73 Å². The molecule has 0 spiro atoms. The van der Waals surface area contributed by atoms with Crippen LogP contribution < -0.4 is 5.73 Å². The third-order valence-electron chi connectivity index (χ3n) is 2.63. The molecule has 0 fully saturated rings. The average molecular weight is 221 g/mol. The van der Waals surface area contributed by atoms with Gasteiger partial charge in [0.05, 0.1) is 0 Å². The van der Waals surface area contributed by atoms with E-state index in [0.29, 0.717) is 0 Å². The number of rotatable bonds is 3. The summed E-state index contributed by atoms with van der Waals surface area (Å²) >= 11 is 0. The highest BCUT2D eigenvalue weighted by atomic mass is 19.3. The molecule has 0 saturated heterocycles. The predicted molar refractivity (Wildman–Crippen MR) is 61.5 cm³/mol. The summed E-state index contributed by atoms with van der Waals surface area (Å²) in [4.78, 5) is 0. The topological polar surface area (TPSA) is 26.0 Å². The summed E-state index contributed by atoms with van der Waals surface area (Å²) in [5, 5.41) is 2.13. The van der Waals surface area contributed by atoms with Gasteiger partial charge in [-0.1, -0.05) is 36.4 Å². The Morgan fingerprint density at radius 3 is 2.38 bits per heavy atom. The molecule has 84 valence electrons. The van der Waals surface area contributed by atoms with Crippen molar-refractivity contribution in [2.24, 2.45) is 5.73 Å². The summed E-state index contributed by atoms with van der Waals surface area (Å²) in [5.41, 5.74) is 6.47. The first-order chi connectivity index (χ1) is 7.66. The molecule has 0 aliphatic carbocycles. The van der Waals surface area contributed by atoms with Gasteiger partial charge >= 0.3 is 0 Å². The average Bonchev–Trinajstić information content (AvgIpc) is 2.27. The van der Waals surface area contributed by atoms with Gasteiger partial charge in [-0.05, 0) is 22.4 Å². The van der Waals surface area contributed by atoms with Gasteiger partial charge in [-0.2, -0.15) is 0 Å². The van der Waals surface area contributed by atoms with Crippen molar-refractivity contribution in [1.29, 1.82) is 0 Å². The first-order valence-corrected chi connectivity index (χ1v) is 5.19. The number of hydrogen-bond acceptors (Lipinski definition) is 1. The van der Waals surface area contributed by atoms with Crippen LogP contribution in [0.5, 0.6) is 0 Å². The molecule has 1 atom stereocenters. The minimum absolute atomic E-state index is 0.293. The van der Waals surface area contributed by atoms with Gasteiger partial charge in [0.2, 0.25) is 6.43 Å². The molecule has 3 heteroatoms. The standard InChI is InChI=1S/C13H13F2N/c14-13(15)8-12(16)11-6-5-9-3-1-2-4-10(9)7-11/h1-7,12-13H,8,16H2/t12-/m1/s1. The quantitative estimate of drug-likeness (QED) is 0.843. The highest BCUT2D eigenvalue weighted by Crippen LogP contribution is 2.22. The van der Waals surface area contributed by atoms with E-state index in [1.807, 2.05) is 42.5 Å². The Hall–Kier alpha value is -1.48. The molecule has 2 N–H and O–H groups in total. The number of halogens is 2. The summed E-state index contributed by atoms with van der Waals surface area (Å²) < 4.78 is 24.4. The predicted octanol–water partition coefficient (Wildman–Crippen LogP) is 3.49. The van der Waals surface area contributed by atoms with E-state index in [2.05, 4.69) is 0 Å². The van der Waals surface area contributed by atoms with Gasteiger partial charge in [-0.25, -0.2) is 8.78 Å². The van der Waals surface area contributed by atoms with E-state index in [1.54, 1.807) is 0 Å². The van der Waals surface area contributed by atoms with Crippen molar-refractivity contribution in [3.63, 3.8) is 0 Å². The number of nitrogens with two attached hydrogens (primary N) is 1. The monoisotopic (exact) mass is 221 g/mol. The molecule has 0 radical (unpaired) electrons. The van der Waals surface area contributed by atoms with Crippen LogP contribution in [-0.4, -0.2) is 6.43 Å². The fraction of sp³-hybridized carbons (Fsp3) is 0.231. The number of hydrogen-bond donors (Lipinski definition) is 1. The lowest BCUT2D eigenvalue weighted by Gasteiger charge is -2.12. The van der Waals surface area contributed by atoms with Crippen molar-refractivity contribution in [1.82, 2.24) is 0 Å².